The van der Waals surface area contributed by atoms with Gasteiger partial charge < -0.3 is 10.1 Å². The van der Waals surface area contributed by atoms with Gasteiger partial charge in [0.1, 0.15) is 17.5 Å². The summed E-state index contributed by atoms with van der Waals surface area (Å²) in [6, 6.07) is 2.49. The van der Waals surface area contributed by atoms with Crippen LogP contribution in [0.4, 0.5) is 10.1 Å². The van der Waals surface area contributed by atoms with E-state index in [1.807, 2.05) is 27.7 Å². The first-order valence-electron chi connectivity index (χ1n) is 6.05. The highest BCUT2D eigenvalue weighted by molar-refractivity contribution is 5.83. The molecule has 0 aromatic heterocycles. The molecular weight excluding hydrogens is 233 g/mol. The van der Waals surface area contributed by atoms with Crippen molar-refractivity contribution in [2.45, 2.75) is 45.8 Å². The third-order valence-corrected chi connectivity index (χ3v) is 2.87. The van der Waals surface area contributed by atoms with Crippen LogP contribution in [0.25, 0.3) is 0 Å². The van der Waals surface area contributed by atoms with Gasteiger partial charge in [-0.25, -0.2) is 9.18 Å². The Morgan fingerprint density at radius 2 is 2.11 bits per heavy atom. The Morgan fingerprint density at radius 1 is 1.44 bits per heavy atom. The molecule has 0 saturated carbocycles. The Kier molecular flexibility index (Phi) is 3.05. The van der Waals surface area contributed by atoms with E-state index in [1.54, 1.807) is 0 Å². The lowest BCUT2D eigenvalue weighted by molar-refractivity contribution is -0.155. The molecule has 0 unspecified atom stereocenters. The molecule has 1 N–H and O–H groups in total. The van der Waals surface area contributed by atoms with Gasteiger partial charge >= 0.3 is 5.97 Å². The Bertz CT molecular complexity index is 491. The molecule has 1 atom stereocenters. The van der Waals surface area contributed by atoms with Gasteiger partial charge in [-0.3, -0.25) is 0 Å². The number of aryl methyl sites for hydroxylation is 1. The number of hydrogen-bond acceptors (Lipinski definition) is 3. The number of anilines is 1. The number of carbonyl (C=O) groups excluding carboxylic acids is 1. The second kappa shape index (κ2) is 4.26. The highest BCUT2D eigenvalue weighted by atomic mass is 19.1. The third-order valence-electron chi connectivity index (χ3n) is 2.87. The Labute approximate surface area is 106 Å². The van der Waals surface area contributed by atoms with Crippen LogP contribution in [-0.2, 0) is 16.0 Å². The summed E-state index contributed by atoms with van der Waals surface area (Å²) < 4.78 is 18.6. The zero-order valence-corrected chi connectivity index (χ0v) is 11.1. The molecule has 1 aromatic carbocycles. The fourth-order valence-corrected chi connectivity index (χ4v) is 2.13. The minimum Gasteiger partial charge on any atom is -0.458 e. The van der Waals surface area contributed by atoms with Gasteiger partial charge in [0, 0.05) is 12.1 Å². The summed E-state index contributed by atoms with van der Waals surface area (Å²) >= 11 is 0. The van der Waals surface area contributed by atoms with E-state index >= 15 is 0 Å². The zero-order chi connectivity index (χ0) is 13.5. The molecule has 2 rings (SSSR count). The first-order valence-corrected chi connectivity index (χ1v) is 6.05. The highest BCUT2D eigenvalue weighted by Gasteiger charge is 2.31. The number of carbonyl (C=O) groups is 1. The van der Waals surface area contributed by atoms with Crippen LogP contribution in [0.1, 0.15) is 31.9 Å². The molecule has 0 bridgehead atoms. The minimum atomic E-state index is -0.506. The summed E-state index contributed by atoms with van der Waals surface area (Å²) in [5.74, 6) is -0.581. The SMILES string of the molecule is Cc1cc(F)cc2c1C[C@@H](C(=O)OC(C)(C)C)N2. The van der Waals surface area contributed by atoms with Crippen molar-refractivity contribution >= 4 is 11.7 Å². The zero-order valence-electron chi connectivity index (χ0n) is 11.1. The largest absolute Gasteiger partial charge is 0.458 e. The van der Waals surface area contributed by atoms with E-state index in [4.69, 9.17) is 4.74 Å². The fourth-order valence-electron chi connectivity index (χ4n) is 2.13. The standard InChI is InChI=1S/C14H18FNO2/c1-8-5-9(15)6-11-10(8)7-12(16-11)13(17)18-14(2,3)4/h5-6,12,16H,7H2,1-4H3/t12-/m0/s1. The molecule has 1 heterocycles. The number of hydrogen-bond donors (Lipinski definition) is 1. The average Bonchev–Trinajstić information content (AvgIpc) is 2.58. The number of nitrogens with one attached hydrogen (secondary N) is 1. The lowest BCUT2D eigenvalue weighted by Gasteiger charge is -2.22. The summed E-state index contributed by atoms with van der Waals surface area (Å²) in [6.45, 7) is 7.34. The first kappa shape index (κ1) is 12.9. The molecule has 0 fully saturated rings. The van der Waals surface area contributed by atoms with Crippen molar-refractivity contribution in [1.29, 1.82) is 0 Å². The van der Waals surface area contributed by atoms with E-state index in [-0.39, 0.29) is 11.8 Å². The second-order valence-corrected chi connectivity index (χ2v) is 5.68. The molecule has 4 heteroatoms. The summed E-state index contributed by atoms with van der Waals surface area (Å²) in [6.07, 6.45) is 0.552. The van der Waals surface area contributed by atoms with Crippen molar-refractivity contribution in [3.63, 3.8) is 0 Å². The van der Waals surface area contributed by atoms with Gasteiger partial charge in [0.05, 0.1) is 0 Å². The Hall–Kier alpha value is -1.58. The summed E-state index contributed by atoms with van der Waals surface area (Å²) in [5, 5.41) is 3.02. The van der Waals surface area contributed by atoms with Gasteiger partial charge in [-0.05, 0) is 51.0 Å². The Balaban J connectivity index is 2.15. The summed E-state index contributed by atoms with van der Waals surface area (Å²) in [5.41, 5.74) is 2.05. The highest BCUT2D eigenvalue weighted by Crippen LogP contribution is 2.30. The number of rotatable bonds is 1. The summed E-state index contributed by atoms with van der Waals surface area (Å²) in [4.78, 5) is 11.9. The molecular formula is C14H18FNO2. The van der Waals surface area contributed by atoms with Crippen molar-refractivity contribution in [3.8, 4) is 0 Å². The number of ether oxygens (including phenoxy) is 1. The van der Waals surface area contributed by atoms with Gasteiger partial charge in [0.2, 0.25) is 0 Å². The monoisotopic (exact) mass is 251 g/mol. The van der Waals surface area contributed by atoms with E-state index in [0.717, 1.165) is 11.1 Å². The maximum absolute atomic E-state index is 13.3. The van der Waals surface area contributed by atoms with Crippen LogP contribution in [-0.4, -0.2) is 17.6 Å². The maximum atomic E-state index is 13.3. The third kappa shape index (κ3) is 2.63. The van der Waals surface area contributed by atoms with Gasteiger partial charge in [-0.1, -0.05) is 0 Å². The van der Waals surface area contributed by atoms with Crippen molar-refractivity contribution in [2.75, 3.05) is 5.32 Å². The van der Waals surface area contributed by atoms with Crippen LogP contribution in [0, 0.1) is 12.7 Å². The van der Waals surface area contributed by atoms with Crippen LogP contribution in [0.15, 0.2) is 12.1 Å². The van der Waals surface area contributed by atoms with E-state index in [2.05, 4.69) is 5.32 Å². The lowest BCUT2D eigenvalue weighted by Crippen LogP contribution is -2.35. The maximum Gasteiger partial charge on any atom is 0.329 e. The summed E-state index contributed by atoms with van der Waals surface area (Å²) in [7, 11) is 0. The predicted molar refractivity (Wildman–Crippen MR) is 68.1 cm³/mol. The number of fused-ring (bicyclic) bond motifs is 1. The van der Waals surface area contributed by atoms with Crippen molar-refractivity contribution in [3.05, 3.63) is 29.1 Å². The van der Waals surface area contributed by atoms with E-state index < -0.39 is 11.6 Å². The molecule has 1 aromatic rings. The lowest BCUT2D eigenvalue weighted by atomic mass is 10.0. The molecule has 0 aliphatic carbocycles. The van der Waals surface area contributed by atoms with Crippen molar-refractivity contribution in [1.82, 2.24) is 0 Å². The van der Waals surface area contributed by atoms with Gasteiger partial charge in [-0.15, -0.1) is 0 Å². The fraction of sp³-hybridized carbons (Fsp3) is 0.500. The molecule has 98 valence electrons. The molecule has 0 spiro atoms. The average molecular weight is 251 g/mol. The molecule has 0 saturated heterocycles. The molecule has 18 heavy (non-hydrogen) atoms. The quantitative estimate of drug-likeness (QED) is 0.780. The number of benzene rings is 1. The number of esters is 1. The first-order chi connectivity index (χ1) is 8.26. The van der Waals surface area contributed by atoms with Crippen LogP contribution in [0.3, 0.4) is 0 Å². The van der Waals surface area contributed by atoms with Crippen molar-refractivity contribution < 1.29 is 13.9 Å². The molecule has 3 nitrogen and oxygen atoms in total. The second-order valence-electron chi connectivity index (χ2n) is 5.68. The molecule has 1 aliphatic heterocycles. The molecule has 1 aliphatic rings. The topological polar surface area (TPSA) is 38.3 Å². The van der Waals surface area contributed by atoms with Crippen LogP contribution < -0.4 is 5.32 Å². The molecule has 0 radical (unpaired) electrons. The van der Waals surface area contributed by atoms with Crippen LogP contribution in [0.2, 0.25) is 0 Å². The van der Waals surface area contributed by atoms with Gasteiger partial charge in [0.25, 0.3) is 0 Å². The normalized spacial score (nSPS) is 18.2. The van der Waals surface area contributed by atoms with E-state index in [0.29, 0.717) is 12.1 Å². The van der Waals surface area contributed by atoms with Crippen LogP contribution in [0.5, 0.6) is 0 Å². The molecule has 0 amide bonds. The Morgan fingerprint density at radius 3 is 2.72 bits per heavy atom. The van der Waals surface area contributed by atoms with E-state index in [9.17, 15) is 9.18 Å². The minimum absolute atomic E-state index is 0.288. The van der Waals surface area contributed by atoms with Crippen molar-refractivity contribution in [2.24, 2.45) is 0 Å². The van der Waals surface area contributed by atoms with Gasteiger partial charge in [0.15, 0.2) is 0 Å². The number of halogens is 1. The van der Waals surface area contributed by atoms with Gasteiger partial charge in [-0.2, -0.15) is 0 Å². The van der Waals surface area contributed by atoms with Crippen LogP contribution >= 0.6 is 0 Å². The van der Waals surface area contributed by atoms with E-state index in [1.165, 1.54) is 12.1 Å². The predicted octanol–water partition coefficient (Wildman–Crippen LogP) is 2.81. The smallest absolute Gasteiger partial charge is 0.329 e.